The maximum atomic E-state index is 12.8. The van der Waals surface area contributed by atoms with Gasteiger partial charge in [-0.05, 0) is 44.5 Å². The number of carboxylic acids is 1. The van der Waals surface area contributed by atoms with Crippen LogP contribution in [-0.4, -0.2) is 34.0 Å². The van der Waals surface area contributed by atoms with Gasteiger partial charge in [0, 0.05) is 18.2 Å². The van der Waals surface area contributed by atoms with Gasteiger partial charge in [0.25, 0.3) is 0 Å². The van der Waals surface area contributed by atoms with Gasteiger partial charge < -0.3 is 10.0 Å². The zero-order valence-corrected chi connectivity index (χ0v) is 12.5. The van der Waals surface area contributed by atoms with Crippen LogP contribution >= 0.6 is 0 Å². The van der Waals surface area contributed by atoms with Crippen molar-refractivity contribution in [2.45, 2.75) is 32.7 Å². The summed E-state index contributed by atoms with van der Waals surface area (Å²) in [6.45, 7) is 5.68. The van der Waals surface area contributed by atoms with Crippen molar-refractivity contribution in [2.24, 2.45) is 0 Å². The Hall–Kier alpha value is -2.17. The van der Waals surface area contributed by atoms with Gasteiger partial charge in [-0.25, -0.2) is 4.39 Å². The summed E-state index contributed by atoms with van der Waals surface area (Å²) in [6, 6.07) is 5.77. The molecule has 114 valence electrons. The van der Waals surface area contributed by atoms with E-state index < -0.39 is 11.5 Å². The van der Waals surface area contributed by atoms with Crippen LogP contribution in [0.25, 0.3) is 6.08 Å². The first-order chi connectivity index (χ1) is 9.70. The largest absolute Gasteiger partial charge is 0.481 e. The third kappa shape index (κ3) is 5.77. The molecule has 0 saturated carbocycles. The molecule has 1 aromatic carbocycles. The standard InChI is InChI=1S/C16H20FNO3/c1-16(2,3)18(11-10-15(20)21)14(19)9-6-12-4-7-13(17)8-5-12/h4-9H,10-11H2,1-3H3,(H,20,21)/b9-6+. The second kappa shape index (κ2) is 7.02. The van der Waals surface area contributed by atoms with Crippen LogP contribution in [0.15, 0.2) is 30.3 Å². The topological polar surface area (TPSA) is 57.6 Å². The monoisotopic (exact) mass is 293 g/mol. The molecule has 5 heteroatoms. The third-order valence-electron chi connectivity index (χ3n) is 2.91. The molecule has 0 saturated heterocycles. The lowest BCUT2D eigenvalue weighted by molar-refractivity contribution is -0.139. The molecular weight excluding hydrogens is 273 g/mol. The van der Waals surface area contributed by atoms with Crippen molar-refractivity contribution in [1.82, 2.24) is 4.90 Å². The van der Waals surface area contributed by atoms with Crippen molar-refractivity contribution in [3.8, 4) is 0 Å². The van der Waals surface area contributed by atoms with E-state index >= 15 is 0 Å². The van der Waals surface area contributed by atoms with Crippen LogP contribution in [-0.2, 0) is 9.59 Å². The van der Waals surface area contributed by atoms with Gasteiger partial charge in [0.05, 0.1) is 6.42 Å². The summed E-state index contributed by atoms with van der Waals surface area (Å²) in [6.07, 6.45) is 2.86. The Morgan fingerprint density at radius 1 is 1.24 bits per heavy atom. The molecule has 1 amide bonds. The maximum Gasteiger partial charge on any atom is 0.305 e. The number of carboxylic acid groups (broad SMARTS) is 1. The minimum Gasteiger partial charge on any atom is -0.481 e. The summed E-state index contributed by atoms with van der Waals surface area (Å²) in [5.74, 6) is -1.55. The predicted molar refractivity (Wildman–Crippen MR) is 79.2 cm³/mol. The molecule has 0 radical (unpaired) electrons. The first-order valence-electron chi connectivity index (χ1n) is 6.67. The molecule has 0 aliphatic rings. The van der Waals surface area contributed by atoms with E-state index in [1.54, 1.807) is 18.2 Å². The lowest BCUT2D eigenvalue weighted by atomic mass is 10.1. The van der Waals surface area contributed by atoms with Crippen molar-refractivity contribution in [2.75, 3.05) is 6.54 Å². The molecule has 1 rings (SSSR count). The fraction of sp³-hybridized carbons (Fsp3) is 0.375. The number of hydrogen-bond donors (Lipinski definition) is 1. The lowest BCUT2D eigenvalue weighted by Gasteiger charge is -2.34. The number of nitrogens with zero attached hydrogens (tertiary/aromatic N) is 1. The Morgan fingerprint density at radius 2 is 1.81 bits per heavy atom. The van der Waals surface area contributed by atoms with Crippen molar-refractivity contribution in [1.29, 1.82) is 0 Å². The van der Waals surface area contributed by atoms with Crippen LogP contribution < -0.4 is 0 Å². The SMILES string of the molecule is CC(C)(C)N(CCC(=O)O)C(=O)/C=C/c1ccc(F)cc1. The van der Waals surface area contributed by atoms with Gasteiger partial charge in [0.2, 0.25) is 5.91 Å². The minimum absolute atomic E-state index is 0.104. The molecule has 0 aromatic heterocycles. The van der Waals surface area contributed by atoms with Crippen molar-refractivity contribution in [3.63, 3.8) is 0 Å². The number of aliphatic carboxylic acids is 1. The van der Waals surface area contributed by atoms with E-state index in [4.69, 9.17) is 5.11 Å². The number of amides is 1. The summed E-state index contributed by atoms with van der Waals surface area (Å²) in [7, 11) is 0. The normalized spacial score (nSPS) is 11.6. The molecule has 0 fully saturated rings. The van der Waals surface area contributed by atoms with E-state index in [-0.39, 0.29) is 24.7 Å². The van der Waals surface area contributed by atoms with Crippen molar-refractivity contribution in [3.05, 3.63) is 41.7 Å². The molecule has 0 unspecified atom stereocenters. The summed E-state index contributed by atoms with van der Waals surface area (Å²) in [5, 5.41) is 8.75. The van der Waals surface area contributed by atoms with E-state index in [1.165, 1.54) is 23.1 Å². The highest BCUT2D eigenvalue weighted by atomic mass is 19.1. The average Bonchev–Trinajstić information content (AvgIpc) is 2.36. The Kier molecular flexibility index (Phi) is 5.64. The molecule has 0 aliphatic carbocycles. The van der Waals surface area contributed by atoms with Crippen LogP contribution in [0.5, 0.6) is 0 Å². The van der Waals surface area contributed by atoms with E-state index in [1.807, 2.05) is 20.8 Å². The van der Waals surface area contributed by atoms with E-state index in [2.05, 4.69) is 0 Å². The molecule has 0 bridgehead atoms. The van der Waals surface area contributed by atoms with Gasteiger partial charge in [-0.15, -0.1) is 0 Å². The Morgan fingerprint density at radius 3 is 2.29 bits per heavy atom. The second-order valence-electron chi connectivity index (χ2n) is 5.69. The Bertz CT molecular complexity index is 529. The Labute approximate surface area is 123 Å². The lowest BCUT2D eigenvalue weighted by Crippen LogP contribution is -2.45. The number of carbonyl (C=O) groups is 2. The quantitative estimate of drug-likeness (QED) is 0.849. The first-order valence-corrected chi connectivity index (χ1v) is 6.67. The highest BCUT2D eigenvalue weighted by molar-refractivity contribution is 5.92. The Balaban J connectivity index is 2.80. The van der Waals surface area contributed by atoms with Gasteiger partial charge in [0.15, 0.2) is 0 Å². The number of carbonyl (C=O) groups excluding carboxylic acids is 1. The molecule has 0 atom stereocenters. The van der Waals surface area contributed by atoms with Gasteiger partial charge in [-0.3, -0.25) is 9.59 Å². The average molecular weight is 293 g/mol. The third-order valence-corrected chi connectivity index (χ3v) is 2.91. The summed E-state index contributed by atoms with van der Waals surface area (Å²) in [4.78, 5) is 24.4. The number of rotatable bonds is 5. The zero-order chi connectivity index (χ0) is 16.0. The van der Waals surface area contributed by atoms with Crippen molar-refractivity contribution < 1.29 is 19.1 Å². The van der Waals surface area contributed by atoms with Gasteiger partial charge in [-0.2, -0.15) is 0 Å². The van der Waals surface area contributed by atoms with Gasteiger partial charge >= 0.3 is 5.97 Å². The molecular formula is C16H20FNO3. The minimum atomic E-state index is -0.945. The van der Waals surface area contributed by atoms with Gasteiger partial charge in [-0.1, -0.05) is 12.1 Å². The van der Waals surface area contributed by atoms with Crippen molar-refractivity contribution >= 4 is 18.0 Å². The summed E-state index contributed by atoms with van der Waals surface area (Å²) in [5.41, 5.74) is 0.233. The maximum absolute atomic E-state index is 12.8. The van der Waals surface area contributed by atoms with Crippen LogP contribution in [0.4, 0.5) is 4.39 Å². The number of hydrogen-bond acceptors (Lipinski definition) is 2. The molecule has 4 nitrogen and oxygen atoms in total. The molecule has 1 N–H and O–H groups in total. The van der Waals surface area contributed by atoms with Crippen LogP contribution in [0.2, 0.25) is 0 Å². The summed E-state index contributed by atoms with van der Waals surface area (Å²) < 4.78 is 12.8. The van der Waals surface area contributed by atoms with Crippen LogP contribution in [0.3, 0.4) is 0 Å². The smallest absolute Gasteiger partial charge is 0.305 e. The van der Waals surface area contributed by atoms with Gasteiger partial charge in [0.1, 0.15) is 5.82 Å². The van der Waals surface area contributed by atoms with Crippen LogP contribution in [0.1, 0.15) is 32.8 Å². The molecule has 21 heavy (non-hydrogen) atoms. The van der Waals surface area contributed by atoms with E-state index in [0.717, 1.165) is 0 Å². The highest BCUT2D eigenvalue weighted by Crippen LogP contribution is 2.15. The number of halogens is 1. The summed E-state index contributed by atoms with van der Waals surface area (Å²) >= 11 is 0. The van der Waals surface area contributed by atoms with E-state index in [9.17, 15) is 14.0 Å². The highest BCUT2D eigenvalue weighted by Gasteiger charge is 2.25. The van der Waals surface area contributed by atoms with E-state index in [0.29, 0.717) is 5.56 Å². The molecule has 1 aromatic rings. The molecule has 0 spiro atoms. The molecule has 0 aliphatic heterocycles. The fourth-order valence-corrected chi connectivity index (χ4v) is 1.82. The van der Waals surface area contributed by atoms with Crippen LogP contribution in [0, 0.1) is 5.82 Å². The first kappa shape index (κ1) is 16.9. The molecule has 0 heterocycles. The fourth-order valence-electron chi connectivity index (χ4n) is 1.82. The zero-order valence-electron chi connectivity index (χ0n) is 12.5. The number of benzene rings is 1. The second-order valence-corrected chi connectivity index (χ2v) is 5.69. The predicted octanol–water partition coefficient (Wildman–Crippen LogP) is 2.94.